The van der Waals surface area contributed by atoms with E-state index in [1.54, 1.807) is 31.6 Å². The molecule has 0 aliphatic carbocycles. The minimum absolute atomic E-state index is 0.157. The van der Waals surface area contributed by atoms with Gasteiger partial charge >= 0.3 is 0 Å². The number of hydrogen-bond donors (Lipinski definition) is 0. The van der Waals surface area contributed by atoms with E-state index in [4.69, 9.17) is 14.2 Å². The van der Waals surface area contributed by atoms with Crippen molar-refractivity contribution in [3.8, 4) is 11.5 Å². The number of benzene rings is 2. The summed E-state index contributed by atoms with van der Waals surface area (Å²) in [5.41, 5.74) is 1.76. The SMILES string of the molecule is COCCN(CC(=O)N1N=C(c2cccs2)CC1c1ccc(OC)c(OC)c1)C(=O)c1cccc(F)c1. The molecule has 0 bridgehead atoms. The van der Waals surface area contributed by atoms with E-state index in [9.17, 15) is 14.0 Å². The molecule has 37 heavy (non-hydrogen) atoms. The van der Waals surface area contributed by atoms with Crippen LogP contribution in [0.15, 0.2) is 65.1 Å². The van der Waals surface area contributed by atoms with Gasteiger partial charge in [0.2, 0.25) is 0 Å². The van der Waals surface area contributed by atoms with Crippen LogP contribution in [0.2, 0.25) is 0 Å². The van der Waals surface area contributed by atoms with E-state index in [1.807, 2.05) is 29.6 Å². The van der Waals surface area contributed by atoms with Crippen LogP contribution >= 0.6 is 11.3 Å². The number of hydrazone groups is 1. The first-order valence-electron chi connectivity index (χ1n) is 11.6. The first-order valence-corrected chi connectivity index (χ1v) is 12.5. The number of ether oxygens (including phenoxy) is 3. The molecule has 1 aromatic heterocycles. The standard InChI is InChI=1S/C27H28FN3O5S/c1-34-12-11-30(27(33)19-6-4-7-20(28)14-19)17-26(32)31-22(16-21(29-31)25-8-5-13-37-25)18-9-10-23(35-2)24(15-18)36-3/h4-10,13-15,22H,11-12,16-17H2,1-3H3. The second-order valence-corrected chi connectivity index (χ2v) is 9.27. The number of amides is 2. The summed E-state index contributed by atoms with van der Waals surface area (Å²) in [6, 6.07) is 14.4. The Morgan fingerprint density at radius 1 is 1.08 bits per heavy atom. The molecule has 0 N–H and O–H groups in total. The largest absolute Gasteiger partial charge is 0.493 e. The molecule has 2 heterocycles. The molecule has 10 heteroatoms. The fraction of sp³-hybridized carbons (Fsp3) is 0.296. The normalized spacial score (nSPS) is 14.9. The summed E-state index contributed by atoms with van der Waals surface area (Å²) >= 11 is 1.54. The molecule has 0 radical (unpaired) electrons. The van der Waals surface area contributed by atoms with Gasteiger partial charge in [-0.2, -0.15) is 5.10 Å². The van der Waals surface area contributed by atoms with Crippen LogP contribution in [0.25, 0.3) is 0 Å². The lowest BCUT2D eigenvalue weighted by atomic mass is 10.0. The molecule has 1 aliphatic heterocycles. The maximum Gasteiger partial charge on any atom is 0.262 e. The average molecular weight is 526 g/mol. The number of nitrogens with zero attached hydrogens (tertiary/aromatic N) is 3. The van der Waals surface area contributed by atoms with Crippen molar-refractivity contribution in [2.45, 2.75) is 12.5 Å². The molecule has 0 fully saturated rings. The van der Waals surface area contributed by atoms with Gasteiger partial charge < -0.3 is 19.1 Å². The number of hydrogen-bond acceptors (Lipinski definition) is 7. The summed E-state index contributed by atoms with van der Waals surface area (Å²) < 4.78 is 29.8. The predicted molar refractivity (Wildman–Crippen MR) is 139 cm³/mol. The summed E-state index contributed by atoms with van der Waals surface area (Å²) in [4.78, 5) is 29.2. The minimum Gasteiger partial charge on any atom is -0.493 e. The van der Waals surface area contributed by atoms with Gasteiger partial charge in [0.25, 0.3) is 11.8 Å². The van der Waals surface area contributed by atoms with Crippen molar-refractivity contribution in [2.75, 3.05) is 41.0 Å². The summed E-state index contributed by atoms with van der Waals surface area (Å²) in [6.07, 6.45) is 0.498. The Morgan fingerprint density at radius 2 is 1.89 bits per heavy atom. The highest BCUT2D eigenvalue weighted by Gasteiger charge is 2.35. The van der Waals surface area contributed by atoms with Crippen molar-refractivity contribution in [3.05, 3.63) is 81.8 Å². The number of carbonyl (C=O) groups excluding carboxylic acids is 2. The van der Waals surface area contributed by atoms with Crippen molar-refractivity contribution in [3.63, 3.8) is 0 Å². The monoisotopic (exact) mass is 525 g/mol. The van der Waals surface area contributed by atoms with Crippen molar-refractivity contribution in [1.29, 1.82) is 0 Å². The Bertz CT molecular complexity index is 1280. The van der Waals surface area contributed by atoms with Gasteiger partial charge in [0.15, 0.2) is 11.5 Å². The van der Waals surface area contributed by atoms with E-state index in [1.165, 1.54) is 35.2 Å². The lowest BCUT2D eigenvalue weighted by Crippen LogP contribution is -2.42. The zero-order valence-corrected chi connectivity index (χ0v) is 21.7. The van der Waals surface area contributed by atoms with E-state index in [0.717, 1.165) is 22.2 Å². The molecule has 4 rings (SSSR count). The van der Waals surface area contributed by atoms with Crippen LogP contribution in [0, 0.1) is 5.82 Å². The fourth-order valence-corrected chi connectivity index (χ4v) is 4.87. The van der Waals surface area contributed by atoms with Gasteiger partial charge in [-0.1, -0.05) is 18.2 Å². The van der Waals surface area contributed by atoms with Crippen LogP contribution in [0.5, 0.6) is 11.5 Å². The average Bonchev–Trinajstić information content (AvgIpc) is 3.60. The molecule has 0 saturated heterocycles. The first kappa shape index (κ1) is 26.3. The van der Waals surface area contributed by atoms with E-state index in [2.05, 4.69) is 5.10 Å². The Labute approximate surface area is 218 Å². The molecule has 2 amide bonds. The highest BCUT2D eigenvalue weighted by Crippen LogP contribution is 2.38. The van der Waals surface area contributed by atoms with E-state index in [0.29, 0.717) is 17.9 Å². The van der Waals surface area contributed by atoms with Gasteiger partial charge in [-0.3, -0.25) is 9.59 Å². The molecule has 1 unspecified atom stereocenters. The van der Waals surface area contributed by atoms with Gasteiger partial charge in [0.05, 0.1) is 37.5 Å². The maximum absolute atomic E-state index is 13.8. The third-order valence-corrected chi connectivity index (χ3v) is 6.93. The van der Waals surface area contributed by atoms with Crippen molar-refractivity contribution in [2.24, 2.45) is 5.10 Å². The second kappa shape index (κ2) is 12.0. The molecule has 0 saturated carbocycles. The van der Waals surface area contributed by atoms with E-state index < -0.39 is 17.8 Å². The molecular formula is C27H28FN3O5S. The topological polar surface area (TPSA) is 80.7 Å². The summed E-state index contributed by atoms with van der Waals surface area (Å²) in [5, 5.41) is 8.06. The second-order valence-electron chi connectivity index (χ2n) is 8.33. The zero-order valence-electron chi connectivity index (χ0n) is 20.8. The van der Waals surface area contributed by atoms with Crippen LogP contribution in [0.1, 0.15) is 33.3 Å². The van der Waals surface area contributed by atoms with Crippen molar-refractivity contribution in [1.82, 2.24) is 9.91 Å². The Hall–Kier alpha value is -3.76. The quantitative estimate of drug-likeness (QED) is 0.393. The van der Waals surface area contributed by atoms with Crippen molar-refractivity contribution >= 4 is 28.9 Å². The van der Waals surface area contributed by atoms with Crippen LogP contribution in [0.3, 0.4) is 0 Å². The summed E-state index contributed by atoms with van der Waals surface area (Å²) in [5.74, 6) is -0.239. The molecule has 1 aliphatic rings. The summed E-state index contributed by atoms with van der Waals surface area (Å²) in [7, 11) is 4.63. The van der Waals surface area contributed by atoms with E-state index >= 15 is 0 Å². The Morgan fingerprint density at radius 3 is 2.57 bits per heavy atom. The molecule has 0 spiro atoms. The van der Waals surface area contributed by atoms with E-state index in [-0.39, 0.29) is 31.2 Å². The third kappa shape index (κ3) is 5.98. The van der Waals surface area contributed by atoms with Gasteiger partial charge in [-0.05, 0) is 47.3 Å². The van der Waals surface area contributed by atoms with Crippen LogP contribution in [-0.2, 0) is 9.53 Å². The Balaban J connectivity index is 1.64. The number of rotatable bonds is 10. The molecule has 3 aromatic rings. The smallest absolute Gasteiger partial charge is 0.262 e. The molecule has 8 nitrogen and oxygen atoms in total. The predicted octanol–water partition coefficient (Wildman–Crippen LogP) is 4.37. The lowest BCUT2D eigenvalue weighted by molar-refractivity contribution is -0.133. The van der Waals surface area contributed by atoms with Gasteiger partial charge in [-0.25, -0.2) is 9.40 Å². The number of thiophene rings is 1. The fourth-order valence-electron chi connectivity index (χ4n) is 4.15. The van der Waals surface area contributed by atoms with Gasteiger partial charge in [0, 0.05) is 25.6 Å². The maximum atomic E-state index is 13.8. The molecule has 2 aromatic carbocycles. The van der Waals surface area contributed by atoms with Crippen LogP contribution < -0.4 is 9.47 Å². The molecule has 1 atom stereocenters. The highest BCUT2D eigenvalue weighted by atomic mass is 32.1. The first-order chi connectivity index (χ1) is 17.9. The van der Waals surface area contributed by atoms with Crippen molar-refractivity contribution < 1.29 is 28.2 Å². The third-order valence-electron chi connectivity index (χ3n) is 6.01. The van der Waals surface area contributed by atoms with Gasteiger partial charge in [0.1, 0.15) is 12.4 Å². The summed E-state index contributed by atoms with van der Waals surface area (Å²) in [6.45, 7) is 0.134. The highest BCUT2D eigenvalue weighted by molar-refractivity contribution is 7.12. The Kier molecular flexibility index (Phi) is 8.52. The molecular weight excluding hydrogens is 497 g/mol. The number of methoxy groups -OCH3 is 3. The van der Waals surface area contributed by atoms with Crippen LogP contribution in [-0.4, -0.2) is 68.5 Å². The molecule has 194 valence electrons. The minimum atomic E-state index is -0.526. The van der Waals surface area contributed by atoms with Crippen LogP contribution in [0.4, 0.5) is 4.39 Å². The lowest BCUT2D eigenvalue weighted by Gasteiger charge is -2.27. The van der Waals surface area contributed by atoms with Gasteiger partial charge in [-0.15, -0.1) is 11.3 Å². The zero-order chi connectivity index (χ0) is 26.4. The number of carbonyl (C=O) groups is 2. The number of halogens is 1.